The topological polar surface area (TPSA) is 80.0 Å². The number of phenols is 1. The predicted octanol–water partition coefficient (Wildman–Crippen LogP) is 1.86. The predicted molar refractivity (Wildman–Crippen MR) is 85.0 cm³/mol. The fourth-order valence-corrected chi connectivity index (χ4v) is 2.84. The number of hydrogen-bond donors (Lipinski definition) is 1. The van der Waals surface area contributed by atoms with Gasteiger partial charge in [0.2, 0.25) is 5.91 Å². The Labute approximate surface area is 137 Å². The SMILES string of the molecule is Cc1c(CC(=O)N2CCOCC2)c(=O)oc2cc(O)c(Cl)cc12. The number of amides is 1. The van der Waals surface area contributed by atoms with Crippen LogP contribution in [0.15, 0.2) is 21.3 Å². The third kappa shape index (κ3) is 3.04. The minimum atomic E-state index is -0.571. The molecule has 0 unspecified atom stereocenters. The van der Waals surface area contributed by atoms with Gasteiger partial charge in [0, 0.05) is 24.5 Å². The molecule has 0 atom stereocenters. The lowest BCUT2D eigenvalue weighted by molar-refractivity contribution is -0.134. The summed E-state index contributed by atoms with van der Waals surface area (Å²) in [6.45, 7) is 3.80. The summed E-state index contributed by atoms with van der Waals surface area (Å²) < 4.78 is 10.4. The summed E-state index contributed by atoms with van der Waals surface area (Å²) in [5.74, 6) is -0.285. The van der Waals surface area contributed by atoms with Gasteiger partial charge in [-0.25, -0.2) is 4.79 Å². The number of aryl methyl sites for hydroxylation is 1. The van der Waals surface area contributed by atoms with Gasteiger partial charge in [0.05, 0.1) is 30.2 Å². The number of hydrogen-bond acceptors (Lipinski definition) is 5. The van der Waals surface area contributed by atoms with E-state index in [1.807, 2.05) is 0 Å². The van der Waals surface area contributed by atoms with Crippen LogP contribution in [0.1, 0.15) is 11.1 Å². The number of carbonyl (C=O) groups excluding carboxylic acids is 1. The van der Waals surface area contributed by atoms with Crippen molar-refractivity contribution in [1.82, 2.24) is 4.90 Å². The highest BCUT2D eigenvalue weighted by molar-refractivity contribution is 6.32. The lowest BCUT2D eigenvalue weighted by Gasteiger charge is -2.27. The highest BCUT2D eigenvalue weighted by Crippen LogP contribution is 2.30. The first kappa shape index (κ1) is 15.8. The standard InChI is InChI=1S/C16H16ClNO5/c1-9-10-6-12(17)13(19)8-14(10)23-16(21)11(9)7-15(20)18-2-4-22-5-3-18/h6,8,19H,2-5,7H2,1H3. The van der Waals surface area contributed by atoms with Gasteiger partial charge in [-0.05, 0) is 18.6 Å². The molecular weight excluding hydrogens is 322 g/mol. The number of halogens is 1. The molecule has 0 spiro atoms. The van der Waals surface area contributed by atoms with Crippen molar-refractivity contribution in [1.29, 1.82) is 0 Å². The number of rotatable bonds is 2. The summed E-state index contributed by atoms with van der Waals surface area (Å²) in [6.07, 6.45) is -0.0252. The van der Waals surface area contributed by atoms with Crippen molar-refractivity contribution >= 4 is 28.5 Å². The van der Waals surface area contributed by atoms with Crippen molar-refractivity contribution in [2.24, 2.45) is 0 Å². The molecule has 3 rings (SSSR count). The van der Waals surface area contributed by atoms with Crippen LogP contribution in [0.25, 0.3) is 11.0 Å². The molecule has 1 aliphatic rings. The minimum Gasteiger partial charge on any atom is -0.506 e. The molecule has 1 aromatic carbocycles. The van der Waals surface area contributed by atoms with Gasteiger partial charge in [-0.15, -0.1) is 0 Å². The number of nitrogens with zero attached hydrogens (tertiary/aromatic N) is 1. The Morgan fingerprint density at radius 3 is 2.74 bits per heavy atom. The molecule has 7 heteroatoms. The smallest absolute Gasteiger partial charge is 0.340 e. The largest absolute Gasteiger partial charge is 0.506 e. The van der Waals surface area contributed by atoms with E-state index in [2.05, 4.69) is 0 Å². The number of fused-ring (bicyclic) bond motifs is 1. The van der Waals surface area contributed by atoms with E-state index < -0.39 is 5.63 Å². The van der Waals surface area contributed by atoms with Crippen LogP contribution in [0, 0.1) is 6.92 Å². The molecule has 6 nitrogen and oxygen atoms in total. The van der Waals surface area contributed by atoms with Crippen LogP contribution in [-0.4, -0.2) is 42.2 Å². The van der Waals surface area contributed by atoms with Crippen molar-refractivity contribution in [2.75, 3.05) is 26.3 Å². The van der Waals surface area contributed by atoms with E-state index in [1.54, 1.807) is 11.8 Å². The molecule has 0 radical (unpaired) electrons. The lowest BCUT2D eigenvalue weighted by atomic mass is 10.0. The maximum Gasteiger partial charge on any atom is 0.340 e. The third-order valence-electron chi connectivity index (χ3n) is 4.05. The fraction of sp³-hybridized carbons (Fsp3) is 0.375. The normalized spacial score (nSPS) is 15.1. The van der Waals surface area contributed by atoms with Crippen molar-refractivity contribution in [3.05, 3.63) is 38.7 Å². The van der Waals surface area contributed by atoms with E-state index in [1.165, 1.54) is 12.1 Å². The molecule has 122 valence electrons. The Morgan fingerprint density at radius 1 is 1.35 bits per heavy atom. The van der Waals surface area contributed by atoms with Gasteiger partial charge >= 0.3 is 5.63 Å². The summed E-state index contributed by atoms with van der Waals surface area (Å²) in [7, 11) is 0. The molecule has 1 saturated heterocycles. The van der Waals surface area contributed by atoms with Gasteiger partial charge in [0.15, 0.2) is 0 Å². The molecule has 1 amide bonds. The Hall–Kier alpha value is -2.05. The van der Waals surface area contributed by atoms with Crippen LogP contribution in [0.2, 0.25) is 5.02 Å². The van der Waals surface area contributed by atoms with Crippen LogP contribution in [-0.2, 0) is 16.0 Å². The Morgan fingerprint density at radius 2 is 2.04 bits per heavy atom. The first-order chi connectivity index (χ1) is 11.0. The average molecular weight is 338 g/mol. The van der Waals surface area contributed by atoms with E-state index >= 15 is 0 Å². The van der Waals surface area contributed by atoms with E-state index in [9.17, 15) is 14.7 Å². The van der Waals surface area contributed by atoms with Crippen LogP contribution >= 0.6 is 11.6 Å². The molecule has 1 aromatic heterocycles. The van der Waals surface area contributed by atoms with E-state index in [4.69, 9.17) is 20.8 Å². The first-order valence-electron chi connectivity index (χ1n) is 7.27. The van der Waals surface area contributed by atoms with Gasteiger partial charge in [0.25, 0.3) is 0 Å². The first-order valence-corrected chi connectivity index (χ1v) is 7.65. The van der Waals surface area contributed by atoms with Gasteiger partial charge in [-0.3, -0.25) is 4.79 Å². The van der Waals surface area contributed by atoms with Crippen LogP contribution in [0.5, 0.6) is 5.75 Å². The monoisotopic (exact) mass is 337 g/mol. The molecule has 0 bridgehead atoms. The van der Waals surface area contributed by atoms with Crippen molar-refractivity contribution in [3.63, 3.8) is 0 Å². The van der Waals surface area contributed by atoms with Crippen molar-refractivity contribution < 1.29 is 19.1 Å². The number of aromatic hydroxyl groups is 1. The number of phenolic OH excluding ortho intramolecular Hbond substituents is 1. The molecule has 2 heterocycles. The van der Waals surface area contributed by atoms with E-state index in [-0.39, 0.29) is 28.7 Å². The third-order valence-corrected chi connectivity index (χ3v) is 4.35. The van der Waals surface area contributed by atoms with Gasteiger partial charge in [0.1, 0.15) is 11.3 Å². The summed E-state index contributed by atoms with van der Waals surface area (Å²) in [6, 6.07) is 2.84. The zero-order chi connectivity index (χ0) is 16.6. The minimum absolute atomic E-state index is 0.0252. The van der Waals surface area contributed by atoms with Gasteiger partial charge in [-0.2, -0.15) is 0 Å². The molecule has 2 aromatic rings. The molecule has 1 fully saturated rings. The number of ether oxygens (including phenoxy) is 1. The fourth-order valence-electron chi connectivity index (χ4n) is 2.68. The second-order valence-electron chi connectivity index (χ2n) is 5.46. The molecule has 0 aliphatic carbocycles. The average Bonchev–Trinajstić information content (AvgIpc) is 2.54. The lowest BCUT2D eigenvalue weighted by Crippen LogP contribution is -2.42. The van der Waals surface area contributed by atoms with Gasteiger partial charge < -0.3 is 19.2 Å². The van der Waals surface area contributed by atoms with Crippen molar-refractivity contribution in [2.45, 2.75) is 13.3 Å². The number of benzene rings is 1. The summed E-state index contributed by atoms with van der Waals surface area (Å²) >= 11 is 5.92. The quantitative estimate of drug-likeness (QED) is 0.846. The summed E-state index contributed by atoms with van der Waals surface area (Å²) in [4.78, 5) is 26.2. The molecule has 23 heavy (non-hydrogen) atoms. The van der Waals surface area contributed by atoms with Crippen LogP contribution in [0.4, 0.5) is 0 Å². The second-order valence-corrected chi connectivity index (χ2v) is 5.87. The molecule has 0 saturated carbocycles. The highest BCUT2D eigenvalue weighted by atomic mass is 35.5. The number of carbonyl (C=O) groups is 1. The summed E-state index contributed by atoms with van der Waals surface area (Å²) in [5.41, 5.74) is 0.630. The van der Waals surface area contributed by atoms with Crippen LogP contribution < -0.4 is 5.63 Å². The van der Waals surface area contributed by atoms with Crippen molar-refractivity contribution in [3.8, 4) is 5.75 Å². The molecular formula is C16H16ClNO5. The van der Waals surface area contributed by atoms with E-state index in [0.29, 0.717) is 42.8 Å². The van der Waals surface area contributed by atoms with Gasteiger partial charge in [-0.1, -0.05) is 11.6 Å². The number of morpholine rings is 1. The molecule has 1 aliphatic heterocycles. The summed E-state index contributed by atoms with van der Waals surface area (Å²) in [5, 5.41) is 10.4. The van der Waals surface area contributed by atoms with E-state index in [0.717, 1.165) is 0 Å². The Bertz CT molecular complexity index is 823. The molecule has 1 N–H and O–H groups in total. The maximum absolute atomic E-state index is 12.4. The van der Waals surface area contributed by atoms with Crippen LogP contribution in [0.3, 0.4) is 0 Å². The Balaban J connectivity index is 1.98. The Kier molecular flexibility index (Phi) is 4.28. The zero-order valence-electron chi connectivity index (χ0n) is 12.6. The second kappa shape index (κ2) is 6.22. The zero-order valence-corrected chi connectivity index (χ0v) is 13.4. The highest BCUT2D eigenvalue weighted by Gasteiger charge is 2.21. The maximum atomic E-state index is 12.4.